The van der Waals surface area contributed by atoms with Crippen LogP contribution in [-0.2, 0) is 14.3 Å². The highest BCUT2D eigenvalue weighted by molar-refractivity contribution is 6.06. The number of carbonyl (C=O) groups excluding carboxylic acids is 3. The first-order chi connectivity index (χ1) is 22.0. The van der Waals surface area contributed by atoms with Crippen molar-refractivity contribution in [2.45, 2.75) is 26.4 Å². The van der Waals surface area contributed by atoms with Gasteiger partial charge < -0.3 is 34.9 Å². The molecular weight excluding hydrogens is 592 g/mol. The number of carbonyl (C=O) groups is 3. The first-order valence-corrected chi connectivity index (χ1v) is 14.8. The molecule has 1 aromatic heterocycles. The molecule has 46 heavy (non-hydrogen) atoms. The lowest BCUT2D eigenvalue weighted by Gasteiger charge is -2.35. The van der Waals surface area contributed by atoms with E-state index in [1.54, 1.807) is 67.8 Å². The predicted octanol–water partition coefficient (Wildman–Crippen LogP) is 3.81. The Kier molecular flexibility index (Phi) is 11.2. The van der Waals surface area contributed by atoms with Gasteiger partial charge in [0.2, 0.25) is 0 Å². The highest BCUT2D eigenvalue weighted by Gasteiger charge is 2.26. The lowest BCUT2D eigenvalue weighted by Crippen LogP contribution is -2.50. The molecule has 3 N–H and O–H groups in total. The number of nitrogens with two attached hydrogens (primary N) is 1. The Labute approximate surface area is 268 Å². The molecule has 3 aromatic rings. The molecule has 0 bridgehead atoms. The van der Waals surface area contributed by atoms with Crippen LogP contribution < -0.4 is 20.5 Å². The Morgan fingerprint density at radius 1 is 0.957 bits per heavy atom. The van der Waals surface area contributed by atoms with Crippen molar-refractivity contribution in [3.63, 3.8) is 0 Å². The summed E-state index contributed by atoms with van der Waals surface area (Å²) in [6, 6.07) is 13.4. The fraction of sp³-hybridized carbons (Fsp3) is 0.364. The molecule has 1 aliphatic heterocycles. The fourth-order valence-electron chi connectivity index (χ4n) is 4.53. The minimum Gasteiger partial charge on any atom is -0.493 e. The van der Waals surface area contributed by atoms with Gasteiger partial charge in [-0.15, -0.1) is 0 Å². The number of methoxy groups -OCH3 is 2. The Morgan fingerprint density at radius 2 is 1.65 bits per heavy atom. The van der Waals surface area contributed by atoms with E-state index in [9.17, 15) is 14.4 Å². The van der Waals surface area contributed by atoms with Crippen LogP contribution in [0.1, 0.15) is 37.0 Å². The summed E-state index contributed by atoms with van der Waals surface area (Å²) in [5.74, 6) is 0.372. The number of hydrogen-bond acceptors (Lipinski definition) is 11. The van der Waals surface area contributed by atoms with Crippen LogP contribution in [0.5, 0.6) is 11.5 Å². The van der Waals surface area contributed by atoms with Crippen LogP contribution in [0.4, 0.5) is 10.5 Å². The van der Waals surface area contributed by atoms with Gasteiger partial charge in [0, 0.05) is 56.2 Å². The quantitative estimate of drug-likeness (QED) is 0.247. The van der Waals surface area contributed by atoms with Crippen LogP contribution in [0.15, 0.2) is 60.4 Å². The Hall–Kier alpha value is -5.17. The molecule has 1 fully saturated rings. The summed E-state index contributed by atoms with van der Waals surface area (Å²) in [6.45, 7) is 8.71. The molecule has 0 unspecified atom stereocenters. The molecule has 13 nitrogen and oxygen atoms in total. The minimum atomic E-state index is -0.554. The molecule has 1 saturated heterocycles. The first-order valence-electron chi connectivity index (χ1n) is 14.8. The summed E-state index contributed by atoms with van der Waals surface area (Å²) in [5.41, 5.74) is 7.58. The van der Waals surface area contributed by atoms with Crippen molar-refractivity contribution in [3.8, 4) is 22.8 Å². The van der Waals surface area contributed by atoms with E-state index in [-0.39, 0.29) is 24.2 Å². The summed E-state index contributed by atoms with van der Waals surface area (Å²) < 4.78 is 21.5. The van der Waals surface area contributed by atoms with Gasteiger partial charge in [0.15, 0.2) is 17.3 Å². The van der Waals surface area contributed by atoms with E-state index in [0.717, 1.165) is 5.56 Å². The van der Waals surface area contributed by atoms with Crippen LogP contribution >= 0.6 is 0 Å². The monoisotopic (exact) mass is 632 g/mol. The van der Waals surface area contributed by atoms with Crippen molar-refractivity contribution in [1.82, 2.24) is 19.8 Å². The zero-order valence-electron chi connectivity index (χ0n) is 26.7. The molecule has 13 heteroatoms. The number of esters is 1. The Morgan fingerprint density at radius 3 is 2.30 bits per heavy atom. The van der Waals surface area contributed by atoms with E-state index in [1.165, 1.54) is 6.08 Å². The van der Waals surface area contributed by atoms with Crippen molar-refractivity contribution in [2.75, 3.05) is 58.9 Å². The van der Waals surface area contributed by atoms with Crippen molar-refractivity contribution < 1.29 is 33.3 Å². The summed E-state index contributed by atoms with van der Waals surface area (Å²) in [4.78, 5) is 50.0. The Balaban J connectivity index is 1.25. The lowest BCUT2D eigenvalue weighted by molar-refractivity contribution is -0.112. The number of ether oxygens (including phenoxy) is 4. The van der Waals surface area contributed by atoms with Crippen LogP contribution in [0.2, 0.25) is 0 Å². The molecule has 2 heterocycles. The average Bonchev–Trinajstić information content (AvgIpc) is 3.04. The largest absolute Gasteiger partial charge is 0.493 e. The lowest BCUT2D eigenvalue weighted by atomic mass is 10.1. The van der Waals surface area contributed by atoms with Crippen molar-refractivity contribution in [2.24, 2.45) is 5.73 Å². The van der Waals surface area contributed by atoms with Crippen molar-refractivity contribution in [3.05, 3.63) is 71.8 Å². The van der Waals surface area contributed by atoms with Gasteiger partial charge in [-0.2, -0.15) is 0 Å². The summed E-state index contributed by atoms with van der Waals surface area (Å²) >= 11 is 0. The van der Waals surface area contributed by atoms with Gasteiger partial charge in [-0.1, -0.05) is 0 Å². The normalized spacial score (nSPS) is 13.9. The summed E-state index contributed by atoms with van der Waals surface area (Å²) in [7, 11) is 3.11. The Bertz CT molecular complexity index is 1560. The second-order valence-electron chi connectivity index (χ2n) is 11.4. The zero-order chi connectivity index (χ0) is 33.3. The van der Waals surface area contributed by atoms with Crippen LogP contribution in [0.25, 0.3) is 17.3 Å². The van der Waals surface area contributed by atoms with Gasteiger partial charge in [-0.25, -0.2) is 19.6 Å². The number of anilines is 1. The smallest absolute Gasteiger partial charge is 0.410 e. The minimum absolute atomic E-state index is 0.0973. The molecule has 2 amide bonds. The van der Waals surface area contributed by atoms with E-state index in [2.05, 4.69) is 20.2 Å². The highest BCUT2D eigenvalue weighted by atomic mass is 16.6. The highest BCUT2D eigenvalue weighted by Crippen LogP contribution is 2.31. The molecule has 1 aliphatic rings. The van der Waals surface area contributed by atoms with Gasteiger partial charge in [-0.05, 0) is 69.3 Å². The second kappa shape index (κ2) is 15.2. The van der Waals surface area contributed by atoms with Crippen molar-refractivity contribution >= 4 is 29.7 Å². The van der Waals surface area contributed by atoms with E-state index in [4.69, 9.17) is 24.7 Å². The third kappa shape index (κ3) is 9.41. The SMILES string of the molecule is COc1ccc(-c2ccnc(C=C(N)C(=O)Nc3ccc(C(=O)OCCN4CCN(C(=O)OC(C)(C)C)CC4)cc3)n2)cc1OC. The number of hydrogen-bond donors (Lipinski definition) is 2. The third-order valence-corrected chi connectivity index (χ3v) is 6.94. The van der Waals surface area contributed by atoms with E-state index in [0.29, 0.717) is 61.2 Å². The number of nitrogens with one attached hydrogen (secondary N) is 1. The first kappa shape index (κ1) is 33.7. The number of rotatable bonds is 10. The molecule has 0 atom stereocenters. The number of benzene rings is 2. The van der Waals surface area contributed by atoms with Crippen molar-refractivity contribution in [1.29, 1.82) is 0 Å². The number of aromatic nitrogens is 2. The maximum absolute atomic E-state index is 12.7. The van der Waals surface area contributed by atoms with Gasteiger partial charge in [0.1, 0.15) is 17.9 Å². The number of nitrogens with zero attached hydrogens (tertiary/aromatic N) is 4. The maximum Gasteiger partial charge on any atom is 0.410 e. The molecule has 0 aliphatic carbocycles. The zero-order valence-corrected chi connectivity index (χ0v) is 26.7. The molecule has 0 spiro atoms. The second-order valence-corrected chi connectivity index (χ2v) is 11.4. The van der Waals surface area contributed by atoms with Gasteiger partial charge in [0.25, 0.3) is 5.91 Å². The number of amides is 2. The van der Waals surface area contributed by atoms with E-state index >= 15 is 0 Å². The fourth-order valence-corrected chi connectivity index (χ4v) is 4.53. The van der Waals surface area contributed by atoms with Crippen LogP contribution in [-0.4, -0.2) is 96.9 Å². The van der Waals surface area contributed by atoms with Gasteiger partial charge in [0.05, 0.1) is 25.5 Å². The molecule has 0 saturated carbocycles. The predicted molar refractivity (Wildman–Crippen MR) is 172 cm³/mol. The summed E-state index contributed by atoms with van der Waals surface area (Å²) in [5, 5.41) is 2.70. The van der Waals surface area contributed by atoms with Crippen LogP contribution in [0, 0.1) is 0 Å². The van der Waals surface area contributed by atoms with Gasteiger partial charge >= 0.3 is 12.1 Å². The average molecular weight is 633 g/mol. The van der Waals surface area contributed by atoms with E-state index in [1.807, 2.05) is 26.8 Å². The third-order valence-electron chi connectivity index (χ3n) is 6.94. The topological polar surface area (TPSA) is 158 Å². The molecule has 244 valence electrons. The molecular formula is C33H40N6O7. The van der Waals surface area contributed by atoms with Gasteiger partial charge in [-0.3, -0.25) is 9.69 Å². The van der Waals surface area contributed by atoms with Crippen LogP contribution in [0.3, 0.4) is 0 Å². The molecule has 2 aromatic carbocycles. The number of piperazine rings is 1. The molecule has 4 rings (SSSR count). The molecule has 0 radical (unpaired) electrons. The summed E-state index contributed by atoms with van der Waals surface area (Å²) in [6.07, 6.45) is 2.63. The van der Waals surface area contributed by atoms with E-state index < -0.39 is 17.5 Å². The maximum atomic E-state index is 12.7. The standard InChI is InChI=1S/C33H40N6O7/c1-33(2,3)46-32(42)39-16-14-38(15-17-39)18-19-45-31(41)22-6-9-24(10-7-22)36-30(40)25(34)21-29-35-13-12-26(37-29)23-8-11-27(43-4)28(20-23)44-5/h6-13,20-21H,14-19,34H2,1-5H3,(H,36,40).